The Balaban J connectivity index is 2.90. The largest absolute Gasteiger partial charge is 0.366 e. The summed E-state index contributed by atoms with van der Waals surface area (Å²) >= 11 is 6.06. The molecule has 0 saturated heterocycles. The van der Waals surface area contributed by atoms with E-state index < -0.39 is 10.8 Å². The van der Waals surface area contributed by atoms with Gasteiger partial charge in [-0.05, 0) is 12.8 Å². The molecule has 6 heteroatoms. The summed E-state index contributed by atoms with van der Waals surface area (Å²) in [6.07, 6.45) is 3.13. The minimum absolute atomic E-state index is 0.0873. The van der Waals surface area contributed by atoms with E-state index in [1.165, 1.54) is 6.33 Å². The van der Waals surface area contributed by atoms with E-state index in [4.69, 9.17) is 11.6 Å². The van der Waals surface area contributed by atoms with Crippen molar-refractivity contribution < 1.29 is 4.21 Å². The highest BCUT2D eigenvalue weighted by Crippen LogP contribution is 2.28. The lowest BCUT2D eigenvalue weighted by atomic mass is 10.1. The van der Waals surface area contributed by atoms with Gasteiger partial charge in [0.25, 0.3) is 0 Å². The van der Waals surface area contributed by atoms with Crippen LogP contribution in [0.5, 0.6) is 0 Å². The third-order valence-corrected chi connectivity index (χ3v) is 3.55. The van der Waals surface area contributed by atoms with Crippen molar-refractivity contribution in [2.75, 3.05) is 17.3 Å². The second-order valence-corrected chi connectivity index (χ2v) is 6.20. The lowest BCUT2D eigenvalue weighted by Crippen LogP contribution is -2.24. The molecule has 1 heterocycles. The summed E-state index contributed by atoms with van der Waals surface area (Å²) in [5.74, 6) is 1.56. The minimum Gasteiger partial charge on any atom is -0.366 e. The molecule has 0 saturated carbocycles. The van der Waals surface area contributed by atoms with Crippen molar-refractivity contribution in [2.45, 2.75) is 32.7 Å². The van der Waals surface area contributed by atoms with Crippen LogP contribution in [-0.2, 0) is 10.8 Å². The molecule has 4 nitrogen and oxygen atoms in total. The number of halogens is 1. The Kier molecular flexibility index (Phi) is 5.33. The molecule has 0 aliphatic rings. The van der Waals surface area contributed by atoms with Gasteiger partial charge < -0.3 is 5.32 Å². The molecule has 0 fully saturated rings. The first-order chi connectivity index (χ1) is 7.91. The maximum atomic E-state index is 11.1. The van der Waals surface area contributed by atoms with Crippen LogP contribution in [0.3, 0.4) is 0 Å². The SMILES string of the molecule is CC(CS(C)=O)Nc1ncnc(Cl)c1C(C)C. The fourth-order valence-electron chi connectivity index (χ4n) is 1.63. The van der Waals surface area contributed by atoms with E-state index in [9.17, 15) is 4.21 Å². The molecule has 0 aromatic carbocycles. The topological polar surface area (TPSA) is 54.9 Å². The molecule has 1 aromatic rings. The lowest BCUT2D eigenvalue weighted by Gasteiger charge is -2.18. The quantitative estimate of drug-likeness (QED) is 0.839. The number of anilines is 1. The van der Waals surface area contributed by atoms with Gasteiger partial charge in [-0.2, -0.15) is 0 Å². The first kappa shape index (κ1) is 14.4. The predicted molar refractivity (Wildman–Crippen MR) is 73.1 cm³/mol. The number of aromatic nitrogens is 2. The van der Waals surface area contributed by atoms with Gasteiger partial charge in [0.2, 0.25) is 0 Å². The monoisotopic (exact) mass is 275 g/mol. The van der Waals surface area contributed by atoms with Crippen molar-refractivity contribution >= 4 is 28.2 Å². The number of nitrogens with zero attached hydrogens (tertiary/aromatic N) is 2. The highest BCUT2D eigenvalue weighted by molar-refractivity contribution is 7.84. The molecule has 2 unspecified atom stereocenters. The smallest absolute Gasteiger partial charge is 0.138 e. The van der Waals surface area contributed by atoms with Crippen molar-refractivity contribution in [3.8, 4) is 0 Å². The van der Waals surface area contributed by atoms with Gasteiger partial charge in [0, 0.05) is 34.4 Å². The van der Waals surface area contributed by atoms with Gasteiger partial charge >= 0.3 is 0 Å². The molecule has 0 amide bonds. The third kappa shape index (κ3) is 4.24. The summed E-state index contributed by atoms with van der Waals surface area (Å²) in [5.41, 5.74) is 0.905. The zero-order chi connectivity index (χ0) is 13.0. The van der Waals surface area contributed by atoms with E-state index in [1.54, 1.807) is 6.26 Å². The standard InChI is InChI=1S/C11H18ClN3OS/c1-7(2)9-10(12)13-6-14-11(9)15-8(3)5-17(4)16/h6-8H,5H2,1-4H3,(H,13,14,15). The third-order valence-electron chi connectivity index (χ3n) is 2.28. The van der Waals surface area contributed by atoms with Crippen LogP contribution in [0.4, 0.5) is 5.82 Å². The molecule has 2 atom stereocenters. The van der Waals surface area contributed by atoms with Crippen LogP contribution >= 0.6 is 11.6 Å². The van der Waals surface area contributed by atoms with Gasteiger partial charge in [-0.3, -0.25) is 4.21 Å². The van der Waals surface area contributed by atoms with Crippen LogP contribution in [0.2, 0.25) is 5.15 Å². The Hall–Kier alpha value is -0.680. The zero-order valence-corrected chi connectivity index (χ0v) is 12.1. The molecule has 1 rings (SSSR count). The summed E-state index contributed by atoms with van der Waals surface area (Å²) in [7, 11) is -0.831. The molecular weight excluding hydrogens is 258 g/mol. The van der Waals surface area contributed by atoms with E-state index >= 15 is 0 Å². The van der Waals surface area contributed by atoms with Crippen molar-refractivity contribution in [3.63, 3.8) is 0 Å². The van der Waals surface area contributed by atoms with Gasteiger partial charge in [0.15, 0.2) is 0 Å². The Morgan fingerprint density at radius 3 is 2.59 bits per heavy atom. The number of rotatable bonds is 5. The lowest BCUT2D eigenvalue weighted by molar-refractivity contribution is 0.682. The van der Waals surface area contributed by atoms with Crippen LogP contribution in [0.25, 0.3) is 0 Å². The first-order valence-corrected chi connectivity index (χ1v) is 7.59. The molecule has 0 aliphatic heterocycles. The van der Waals surface area contributed by atoms with Crippen LogP contribution in [-0.4, -0.2) is 32.2 Å². The van der Waals surface area contributed by atoms with E-state index in [2.05, 4.69) is 15.3 Å². The van der Waals surface area contributed by atoms with Crippen molar-refractivity contribution in [2.24, 2.45) is 0 Å². The summed E-state index contributed by atoms with van der Waals surface area (Å²) in [6, 6.07) is 0.0873. The fourth-order valence-corrected chi connectivity index (χ4v) is 2.77. The predicted octanol–water partition coefficient (Wildman–Crippen LogP) is 2.43. The van der Waals surface area contributed by atoms with E-state index in [-0.39, 0.29) is 12.0 Å². The van der Waals surface area contributed by atoms with Crippen molar-refractivity contribution in [3.05, 3.63) is 17.0 Å². The first-order valence-electron chi connectivity index (χ1n) is 5.48. The Labute approximate surface area is 110 Å². The summed E-state index contributed by atoms with van der Waals surface area (Å²) < 4.78 is 11.1. The van der Waals surface area contributed by atoms with Crippen LogP contribution in [0.15, 0.2) is 6.33 Å². The van der Waals surface area contributed by atoms with Crippen LogP contribution in [0, 0.1) is 0 Å². The Morgan fingerprint density at radius 2 is 2.06 bits per heavy atom. The fraction of sp³-hybridized carbons (Fsp3) is 0.636. The van der Waals surface area contributed by atoms with Gasteiger partial charge in [0.05, 0.1) is 0 Å². The number of hydrogen-bond donors (Lipinski definition) is 1. The molecule has 1 aromatic heterocycles. The number of hydrogen-bond acceptors (Lipinski definition) is 4. The Morgan fingerprint density at radius 1 is 1.41 bits per heavy atom. The van der Waals surface area contributed by atoms with Crippen LogP contribution < -0.4 is 5.32 Å². The van der Waals surface area contributed by atoms with E-state index in [1.807, 2.05) is 20.8 Å². The highest BCUT2D eigenvalue weighted by Gasteiger charge is 2.15. The van der Waals surface area contributed by atoms with E-state index in [0.717, 1.165) is 11.4 Å². The average Bonchev–Trinajstić information content (AvgIpc) is 2.15. The minimum atomic E-state index is -0.831. The molecular formula is C11H18ClN3OS. The molecule has 17 heavy (non-hydrogen) atoms. The highest BCUT2D eigenvalue weighted by atomic mass is 35.5. The summed E-state index contributed by atoms with van der Waals surface area (Å²) in [6.45, 7) is 6.05. The summed E-state index contributed by atoms with van der Waals surface area (Å²) in [4.78, 5) is 8.19. The normalized spacial score (nSPS) is 14.7. The average molecular weight is 276 g/mol. The molecule has 0 radical (unpaired) electrons. The van der Waals surface area contributed by atoms with Crippen LogP contribution in [0.1, 0.15) is 32.3 Å². The maximum Gasteiger partial charge on any atom is 0.138 e. The second-order valence-electron chi connectivity index (χ2n) is 4.37. The van der Waals surface area contributed by atoms with Crippen molar-refractivity contribution in [1.29, 1.82) is 0 Å². The van der Waals surface area contributed by atoms with E-state index in [0.29, 0.717) is 10.9 Å². The molecule has 0 aliphatic carbocycles. The van der Waals surface area contributed by atoms with Gasteiger partial charge in [-0.25, -0.2) is 9.97 Å². The molecule has 0 spiro atoms. The molecule has 1 N–H and O–H groups in total. The zero-order valence-electron chi connectivity index (χ0n) is 10.5. The summed E-state index contributed by atoms with van der Waals surface area (Å²) in [5, 5.41) is 3.71. The number of nitrogens with one attached hydrogen (secondary N) is 1. The van der Waals surface area contributed by atoms with Crippen molar-refractivity contribution in [1.82, 2.24) is 9.97 Å². The maximum absolute atomic E-state index is 11.1. The molecule has 96 valence electrons. The molecule has 0 bridgehead atoms. The van der Waals surface area contributed by atoms with Gasteiger partial charge in [-0.1, -0.05) is 25.4 Å². The van der Waals surface area contributed by atoms with Gasteiger partial charge in [-0.15, -0.1) is 0 Å². The van der Waals surface area contributed by atoms with Gasteiger partial charge in [0.1, 0.15) is 17.3 Å². The second kappa shape index (κ2) is 6.31. The Bertz CT molecular complexity index is 412.